The second kappa shape index (κ2) is 10.5. The zero-order chi connectivity index (χ0) is 24.2. The molecule has 2 fully saturated rings. The highest BCUT2D eigenvalue weighted by Crippen LogP contribution is 2.39. The van der Waals surface area contributed by atoms with Gasteiger partial charge in [-0.15, -0.1) is 0 Å². The van der Waals surface area contributed by atoms with Crippen molar-refractivity contribution in [3.05, 3.63) is 29.8 Å². The van der Waals surface area contributed by atoms with Crippen LogP contribution in [0.3, 0.4) is 0 Å². The normalized spacial score (nSPS) is 19.9. The Hall–Kier alpha value is -2.61. The number of ether oxygens (including phenoxy) is 2. The van der Waals surface area contributed by atoms with Gasteiger partial charge in [0.1, 0.15) is 17.5 Å². The number of benzene rings is 1. The van der Waals surface area contributed by atoms with Gasteiger partial charge in [-0.1, -0.05) is 27.7 Å². The predicted molar refractivity (Wildman–Crippen MR) is 125 cm³/mol. The third kappa shape index (κ3) is 5.66. The van der Waals surface area contributed by atoms with Crippen LogP contribution in [0.4, 0.5) is 0 Å². The van der Waals surface area contributed by atoms with Gasteiger partial charge >= 0.3 is 0 Å². The lowest BCUT2D eigenvalue weighted by atomic mass is 9.96. The molecule has 3 amide bonds. The molecule has 2 heterocycles. The Kier molecular flexibility index (Phi) is 8.00. The summed E-state index contributed by atoms with van der Waals surface area (Å²) in [6, 6.07) is 6.17. The summed E-state index contributed by atoms with van der Waals surface area (Å²) >= 11 is 0. The molecule has 1 aromatic rings. The molecular formula is C25H37N3O5. The molecule has 1 N–H and O–H groups in total. The van der Waals surface area contributed by atoms with E-state index in [0.29, 0.717) is 62.0 Å². The van der Waals surface area contributed by atoms with E-state index in [1.54, 1.807) is 36.3 Å². The number of hydrogen-bond donors (Lipinski definition) is 1. The molecule has 0 aliphatic carbocycles. The van der Waals surface area contributed by atoms with Crippen LogP contribution in [0.5, 0.6) is 5.75 Å². The Bertz CT molecular complexity index is 844. The van der Waals surface area contributed by atoms with Crippen LogP contribution >= 0.6 is 0 Å². The fraction of sp³-hybridized carbons (Fsp3) is 0.640. The van der Waals surface area contributed by atoms with Crippen molar-refractivity contribution in [1.29, 1.82) is 0 Å². The van der Waals surface area contributed by atoms with Crippen LogP contribution < -0.4 is 10.1 Å². The first kappa shape index (κ1) is 25.0. The van der Waals surface area contributed by atoms with E-state index in [0.717, 1.165) is 0 Å². The van der Waals surface area contributed by atoms with E-state index in [-0.39, 0.29) is 24.3 Å². The maximum absolute atomic E-state index is 13.7. The molecule has 8 nitrogen and oxygen atoms in total. The summed E-state index contributed by atoms with van der Waals surface area (Å²) < 4.78 is 11.4. The van der Waals surface area contributed by atoms with Crippen LogP contribution in [-0.2, 0) is 14.3 Å². The van der Waals surface area contributed by atoms with Crippen molar-refractivity contribution >= 4 is 17.7 Å². The molecule has 0 radical (unpaired) electrons. The molecule has 1 atom stereocenters. The van der Waals surface area contributed by atoms with Crippen molar-refractivity contribution in [1.82, 2.24) is 15.1 Å². The standard InChI is InChI=1S/C25H37N3O5/c1-17(2)14-22(29)27-12-10-25(11-13-27)28(21(16-33-25)23(30)26-15-18(3)4)24(31)19-6-8-20(32-5)9-7-19/h6-9,17-18,21H,10-16H2,1-5H3,(H,26,30). The number of hydrogen-bond acceptors (Lipinski definition) is 5. The van der Waals surface area contributed by atoms with Crippen LogP contribution in [0.15, 0.2) is 24.3 Å². The number of rotatable bonds is 7. The number of carbonyl (C=O) groups is 3. The Balaban J connectivity index is 1.83. The molecule has 2 aliphatic rings. The van der Waals surface area contributed by atoms with Gasteiger partial charge in [0, 0.05) is 44.5 Å². The van der Waals surface area contributed by atoms with Crippen molar-refractivity contribution in [2.45, 2.75) is 58.7 Å². The summed E-state index contributed by atoms with van der Waals surface area (Å²) in [6.45, 7) is 9.78. The quantitative estimate of drug-likeness (QED) is 0.677. The molecule has 1 aromatic carbocycles. The molecule has 0 bridgehead atoms. The molecule has 0 saturated carbocycles. The minimum atomic E-state index is -0.897. The van der Waals surface area contributed by atoms with Gasteiger partial charge in [0.05, 0.1) is 13.7 Å². The van der Waals surface area contributed by atoms with Crippen molar-refractivity contribution in [3.8, 4) is 5.75 Å². The summed E-state index contributed by atoms with van der Waals surface area (Å²) in [4.78, 5) is 42.7. The number of nitrogens with zero attached hydrogens (tertiary/aromatic N) is 2. The van der Waals surface area contributed by atoms with Crippen molar-refractivity contribution < 1.29 is 23.9 Å². The van der Waals surface area contributed by atoms with Gasteiger partial charge in [-0.05, 0) is 36.1 Å². The van der Waals surface area contributed by atoms with E-state index in [1.165, 1.54) is 0 Å². The lowest BCUT2D eigenvalue weighted by molar-refractivity contribution is -0.144. The van der Waals surface area contributed by atoms with Gasteiger partial charge in [0.15, 0.2) is 0 Å². The SMILES string of the molecule is COc1ccc(C(=O)N2C(C(=O)NCC(C)C)COC23CCN(C(=O)CC(C)C)CC3)cc1. The molecule has 8 heteroatoms. The smallest absolute Gasteiger partial charge is 0.256 e. The van der Waals surface area contributed by atoms with Gasteiger partial charge in [0.25, 0.3) is 5.91 Å². The number of amides is 3. The molecule has 1 unspecified atom stereocenters. The highest BCUT2D eigenvalue weighted by Gasteiger charge is 2.54. The molecule has 3 rings (SSSR count). The third-order valence-corrected chi connectivity index (χ3v) is 6.28. The van der Waals surface area contributed by atoms with Gasteiger partial charge in [-0.3, -0.25) is 19.3 Å². The number of carbonyl (C=O) groups excluding carboxylic acids is 3. The fourth-order valence-electron chi connectivity index (χ4n) is 4.45. The third-order valence-electron chi connectivity index (χ3n) is 6.28. The predicted octanol–water partition coefficient (Wildman–Crippen LogP) is 2.67. The second-order valence-electron chi connectivity index (χ2n) is 9.79. The fourth-order valence-corrected chi connectivity index (χ4v) is 4.45. The monoisotopic (exact) mass is 459 g/mol. The molecule has 182 valence electrons. The Morgan fingerprint density at radius 3 is 2.27 bits per heavy atom. The van der Waals surface area contributed by atoms with Crippen molar-refractivity contribution in [2.24, 2.45) is 11.8 Å². The first-order valence-corrected chi connectivity index (χ1v) is 11.8. The van der Waals surface area contributed by atoms with Gasteiger partial charge in [0.2, 0.25) is 11.8 Å². The first-order valence-electron chi connectivity index (χ1n) is 11.8. The van der Waals surface area contributed by atoms with Gasteiger partial charge < -0.3 is 19.7 Å². The zero-order valence-corrected chi connectivity index (χ0v) is 20.4. The number of methoxy groups -OCH3 is 1. The van der Waals surface area contributed by atoms with Crippen LogP contribution in [0.2, 0.25) is 0 Å². The summed E-state index contributed by atoms with van der Waals surface area (Å²) in [5.74, 6) is 0.909. The van der Waals surface area contributed by atoms with E-state index < -0.39 is 11.8 Å². The van der Waals surface area contributed by atoms with Crippen LogP contribution in [0, 0.1) is 11.8 Å². The molecule has 0 aromatic heterocycles. The number of likely N-dealkylation sites (tertiary alicyclic amines) is 1. The van der Waals surface area contributed by atoms with Crippen molar-refractivity contribution in [2.75, 3.05) is 33.4 Å². The maximum Gasteiger partial charge on any atom is 0.256 e. The summed E-state index contributed by atoms with van der Waals surface area (Å²) in [5.41, 5.74) is -0.425. The average Bonchev–Trinajstić information content (AvgIpc) is 3.15. The van der Waals surface area contributed by atoms with E-state index >= 15 is 0 Å². The summed E-state index contributed by atoms with van der Waals surface area (Å²) in [7, 11) is 1.57. The number of nitrogens with one attached hydrogen (secondary N) is 1. The van der Waals surface area contributed by atoms with Crippen LogP contribution in [0.1, 0.15) is 57.3 Å². The topological polar surface area (TPSA) is 88.2 Å². The molecule has 2 aliphatic heterocycles. The summed E-state index contributed by atoms with van der Waals surface area (Å²) in [6.07, 6.45) is 1.46. The van der Waals surface area contributed by atoms with Gasteiger partial charge in [-0.2, -0.15) is 0 Å². The average molecular weight is 460 g/mol. The zero-order valence-electron chi connectivity index (χ0n) is 20.4. The van der Waals surface area contributed by atoms with Crippen LogP contribution in [0.25, 0.3) is 0 Å². The molecular weight excluding hydrogens is 422 g/mol. The highest BCUT2D eigenvalue weighted by molar-refractivity contribution is 5.98. The Labute approximate surface area is 196 Å². The maximum atomic E-state index is 13.7. The van der Waals surface area contributed by atoms with E-state index in [2.05, 4.69) is 5.32 Å². The Morgan fingerprint density at radius 1 is 1.09 bits per heavy atom. The van der Waals surface area contributed by atoms with Crippen molar-refractivity contribution in [3.63, 3.8) is 0 Å². The minimum absolute atomic E-state index is 0.122. The van der Waals surface area contributed by atoms with E-state index in [4.69, 9.17) is 9.47 Å². The lowest BCUT2D eigenvalue weighted by Crippen LogP contribution is -2.60. The molecule has 2 saturated heterocycles. The second-order valence-corrected chi connectivity index (χ2v) is 9.79. The van der Waals surface area contributed by atoms with Crippen LogP contribution in [-0.4, -0.2) is 72.6 Å². The first-order chi connectivity index (χ1) is 15.7. The highest BCUT2D eigenvalue weighted by atomic mass is 16.5. The number of piperidine rings is 1. The lowest BCUT2D eigenvalue weighted by Gasteiger charge is -2.44. The molecule has 1 spiro atoms. The molecule has 33 heavy (non-hydrogen) atoms. The van der Waals surface area contributed by atoms with Gasteiger partial charge in [-0.25, -0.2) is 0 Å². The Morgan fingerprint density at radius 2 is 1.73 bits per heavy atom. The van der Waals surface area contributed by atoms with E-state index in [1.807, 2.05) is 32.6 Å². The van der Waals surface area contributed by atoms with E-state index in [9.17, 15) is 14.4 Å². The minimum Gasteiger partial charge on any atom is -0.497 e. The summed E-state index contributed by atoms with van der Waals surface area (Å²) in [5, 5.41) is 2.95. The largest absolute Gasteiger partial charge is 0.497 e.